The molecule has 7 nitrogen and oxygen atoms in total. The minimum atomic E-state index is -4.45. The Kier molecular flexibility index (Phi) is 7.26. The Labute approximate surface area is 219 Å². The molecule has 0 unspecified atom stereocenters. The molecule has 1 saturated heterocycles. The van der Waals surface area contributed by atoms with Gasteiger partial charge >= 0.3 is 12.1 Å². The lowest BCUT2D eigenvalue weighted by Crippen LogP contribution is -2.48. The topological polar surface area (TPSA) is 86.1 Å². The van der Waals surface area contributed by atoms with E-state index in [4.69, 9.17) is 20.0 Å². The molecule has 5 rings (SSSR count). The molecule has 0 saturated carbocycles. The number of benzene rings is 2. The Balaban J connectivity index is 1.35. The van der Waals surface area contributed by atoms with Crippen LogP contribution >= 0.6 is 0 Å². The van der Waals surface area contributed by atoms with Crippen molar-refractivity contribution >= 4 is 11.8 Å². The molecule has 2 aromatic rings. The minimum Gasteiger partial charge on any atom is -0.492 e. The Morgan fingerprint density at radius 1 is 1.16 bits per heavy atom. The molecule has 1 aliphatic carbocycles. The minimum absolute atomic E-state index is 0.0102. The van der Waals surface area contributed by atoms with E-state index in [1.807, 2.05) is 22.8 Å². The summed E-state index contributed by atoms with van der Waals surface area (Å²) < 4.78 is 54.0. The van der Waals surface area contributed by atoms with Crippen molar-refractivity contribution in [2.24, 2.45) is 0 Å². The Morgan fingerprint density at radius 2 is 1.89 bits per heavy atom. The first-order valence-electron chi connectivity index (χ1n) is 13.1. The number of hydrogen-bond donors (Lipinski definition) is 2. The van der Waals surface area contributed by atoms with Crippen LogP contribution in [0.3, 0.4) is 0 Å². The first-order chi connectivity index (χ1) is 18.1. The van der Waals surface area contributed by atoms with Gasteiger partial charge in [0.15, 0.2) is 0 Å². The van der Waals surface area contributed by atoms with Crippen molar-refractivity contribution in [3.63, 3.8) is 0 Å². The predicted octanol–water partition coefficient (Wildman–Crippen LogP) is 5.23. The third kappa shape index (κ3) is 5.32. The van der Waals surface area contributed by atoms with Gasteiger partial charge in [-0.3, -0.25) is 15.1 Å². The second kappa shape index (κ2) is 10.5. The highest BCUT2D eigenvalue weighted by Gasteiger charge is 2.38. The Bertz CT molecular complexity index is 1220. The molecular weight excluding hydrogens is 499 g/mol. The van der Waals surface area contributed by atoms with Crippen LogP contribution in [-0.2, 0) is 23.9 Å². The van der Waals surface area contributed by atoms with Gasteiger partial charge < -0.3 is 19.5 Å². The van der Waals surface area contributed by atoms with Crippen molar-refractivity contribution in [2.75, 3.05) is 32.8 Å². The third-order valence-electron chi connectivity index (χ3n) is 7.81. The zero-order chi connectivity index (χ0) is 27.0. The van der Waals surface area contributed by atoms with E-state index >= 15 is 0 Å². The quantitative estimate of drug-likeness (QED) is 0.376. The van der Waals surface area contributed by atoms with Crippen LogP contribution in [-0.4, -0.2) is 59.5 Å². The fourth-order valence-corrected chi connectivity index (χ4v) is 5.80. The summed E-state index contributed by atoms with van der Waals surface area (Å²) in [5.74, 6) is 0.617. The first-order valence-corrected chi connectivity index (χ1v) is 13.1. The molecule has 2 aliphatic heterocycles. The lowest BCUT2D eigenvalue weighted by molar-refractivity contribution is -0.139. The summed E-state index contributed by atoms with van der Waals surface area (Å²) in [6, 6.07) is 8.07. The van der Waals surface area contributed by atoms with Crippen LogP contribution in [0.1, 0.15) is 66.0 Å². The van der Waals surface area contributed by atoms with Gasteiger partial charge in [0.2, 0.25) is 0 Å². The smallest absolute Gasteiger partial charge is 0.416 e. The molecule has 0 radical (unpaired) electrons. The zero-order valence-corrected chi connectivity index (χ0v) is 21.3. The van der Waals surface area contributed by atoms with E-state index in [-0.39, 0.29) is 25.0 Å². The second-order valence-electron chi connectivity index (χ2n) is 10.2. The van der Waals surface area contributed by atoms with Gasteiger partial charge in [-0.1, -0.05) is 19.1 Å². The van der Waals surface area contributed by atoms with E-state index in [1.54, 1.807) is 18.2 Å². The van der Waals surface area contributed by atoms with Crippen molar-refractivity contribution in [2.45, 2.75) is 57.3 Å². The number of halogens is 3. The number of nitrogens with one attached hydrogen (secondary N) is 1. The summed E-state index contributed by atoms with van der Waals surface area (Å²) >= 11 is 0. The molecule has 2 atom stereocenters. The molecule has 0 aromatic heterocycles. The third-order valence-corrected chi connectivity index (χ3v) is 7.81. The Hall–Kier alpha value is -3.27. The summed E-state index contributed by atoms with van der Waals surface area (Å²) in [6.07, 6.45) is -3.11. The van der Waals surface area contributed by atoms with Crippen molar-refractivity contribution in [3.8, 4) is 11.5 Å². The molecule has 2 aromatic carbocycles. The van der Waals surface area contributed by atoms with Crippen LogP contribution in [0.5, 0.6) is 11.5 Å². The second-order valence-corrected chi connectivity index (χ2v) is 10.2. The predicted molar refractivity (Wildman–Crippen MR) is 135 cm³/mol. The van der Waals surface area contributed by atoms with Crippen molar-refractivity contribution in [1.29, 1.82) is 5.41 Å². The molecule has 1 fully saturated rings. The number of carbonyl (C=O) groups is 1. The number of piperazine rings is 1. The number of carboxylic acid groups (broad SMARTS) is 1. The van der Waals surface area contributed by atoms with Crippen molar-refractivity contribution in [1.82, 2.24) is 9.80 Å². The molecule has 0 spiro atoms. The van der Waals surface area contributed by atoms with E-state index in [2.05, 4.69) is 0 Å². The number of alkyl halides is 3. The van der Waals surface area contributed by atoms with Gasteiger partial charge in [-0.2, -0.15) is 13.2 Å². The van der Waals surface area contributed by atoms with Gasteiger partial charge in [-0.15, -0.1) is 0 Å². The van der Waals surface area contributed by atoms with Gasteiger partial charge in [-0.05, 0) is 41.7 Å². The van der Waals surface area contributed by atoms with Crippen LogP contribution in [0, 0.1) is 5.41 Å². The molecule has 3 aliphatic rings. The highest BCUT2D eigenvalue weighted by atomic mass is 19.4. The summed E-state index contributed by atoms with van der Waals surface area (Å²) in [5.41, 5.74) is 2.07. The average Bonchev–Trinajstić information content (AvgIpc) is 3.47. The number of hydrogen-bond acceptors (Lipinski definition) is 5. The fraction of sp³-hybridized carbons (Fsp3) is 0.500. The average molecular weight is 532 g/mol. The van der Waals surface area contributed by atoms with Crippen LogP contribution in [0.4, 0.5) is 13.2 Å². The number of amidine groups is 1. The van der Waals surface area contributed by atoms with Gasteiger partial charge in [-0.25, -0.2) is 0 Å². The van der Waals surface area contributed by atoms with Gasteiger partial charge in [0.05, 0.1) is 24.4 Å². The summed E-state index contributed by atoms with van der Waals surface area (Å²) in [5, 5.41) is 17.2. The van der Waals surface area contributed by atoms with Crippen LogP contribution in [0.15, 0.2) is 30.3 Å². The monoisotopic (exact) mass is 531 g/mol. The number of fused-ring (bicyclic) bond motifs is 2. The van der Waals surface area contributed by atoms with E-state index < -0.39 is 17.7 Å². The van der Waals surface area contributed by atoms with E-state index in [0.29, 0.717) is 80.5 Å². The number of rotatable bonds is 7. The van der Waals surface area contributed by atoms with Gasteiger partial charge in [0.1, 0.15) is 17.6 Å². The normalized spacial score (nSPS) is 21.1. The molecule has 0 bridgehead atoms. The molecule has 10 heteroatoms. The molecule has 204 valence electrons. The van der Waals surface area contributed by atoms with Gasteiger partial charge in [0, 0.05) is 56.7 Å². The summed E-state index contributed by atoms with van der Waals surface area (Å²) in [4.78, 5) is 15.1. The number of ether oxygens (including phenoxy) is 2. The van der Waals surface area contributed by atoms with Crippen molar-refractivity contribution < 1.29 is 32.5 Å². The number of nitrogens with zero attached hydrogens (tertiary/aromatic N) is 2. The van der Waals surface area contributed by atoms with Gasteiger partial charge in [0.25, 0.3) is 0 Å². The highest BCUT2D eigenvalue weighted by Crippen LogP contribution is 2.44. The van der Waals surface area contributed by atoms with Crippen LogP contribution in [0.2, 0.25) is 0 Å². The molecule has 2 N–H and O–H groups in total. The molecule has 2 heterocycles. The maximum absolute atomic E-state index is 14.0. The fourth-order valence-electron chi connectivity index (χ4n) is 5.80. The van der Waals surface area contributed by atoms with Crippen LogP contribution in [0.25, 0.3) is 0 Å². The zero-order valence-electron chi connectivity index (χ0n) is 21.3. The lowest BCUT2D eigenvalue weighted by atomic mass is 9.96. The van der Waals surface area contributed by atoms with E-state index in [9.17, 15) is 18.0 Å². The molecular formula is C28H32F3N3O4. The molecule has 38 heavy (non-hydrogen) atoms. The first kappa shape index (κ1) is 26.3. The largest absolute Gasteiger partial charge is 0.492 e. The Morgan fingerprint density at radius 3 is 2.58 bits per heavy atom. The van der Waals surface area contributed by atoms with E-state index in [1.165, 1.54) is 6.07 Å². The molecule has 0 amide bonds. The lowest BCUT2D eigenvalue weighted by Gasteiger charge is -2.36. The summed E-state index contributed by atoms with van der Waals surface area (Å²) in [7, 11) is 0. The SMILES string of the molecule is CCC(=N)N1CCN(Cc2c(C(F)(F)F)ccc3c2CC[C@H]3Oc2ccc3c(c2)OC[C@H]3CC(=O)O)CC1. The summed E-state index contributed by atoms with van der Waals surface area (Å²) in [6.45, 7) is 4.96. The maximum Gasteiger partial charge on any atom is 0.416 e. The van der Waals surface area contributed by atoms with E-state index in [0.717, 1.165) is 11.1 Å². The standard InChI is InChI=1S/C28H32F3N3O4/c1-2-26(32)34-11-9-33(10-12-34)15-22-20-6-8-24(21(20)5-7-23(22)28(29,30)31)38-18-3-4-19-17(13-27(35)36)16-37-25(19)14-18/h3-5,7,14,17,24,32H,2,6,8-13,15-16H2,1H3,(H,35,36)/t17-,24-/m1/s1. The van der Waals surface area contributed by atoms with Crippen molar-refractivity contribution in [3.05, 3.63) is 58.1 Å². The highest BCUT2D eigenvalue weighted by molar-refractivity contribution is 5.78. The number of carboxylic acids is 1. The number of aliphatic carboxylic acids is 1. The maximum atomic E-state index is 14.0. The van der Waals surface area contributed by atoms with Crippen LogP contribution < -0.4 is 9.47 Å².